The van der Waals surface area contributed by atoms with Crippen molar-refractivity contribution in [2.24, 2.45) is 0 Å². The van der Waals surface area contributed by atoms with E-state index in [4.69, 9.17) is 17.0 Å². The van der Waals surface area contributed by atoms with Gasteiger partial charge < -0.3 is 10.1 Å². The van der Waals surface area contributed by atoms with Crippen LogP contribution in [0.2, 0.25) is 0 Å². The third-order valence-corrected chi connectivity index (χ3v) is 5.72. The monoisotopic (exact) mass is 454 g/mol. The molecule has 5 rings (SSSR count). The molecule has 1 aliphatic carbocycles. The van der Waals surface area contributed by atoms with Crippen molar-refractivity contribution in [3.8, 4) is 11.4 Å². The zero-order valence-electron chi connectivity index (χ0n) is 17.8. The number of carbonyl (C=O) groups is 1. The summed E-state index contributed by atoms with van der Waals surface area (Å²) in [5.41, 5.74) is 4.62. The molecule has 4 aromatic rings. The van der Waals surface area contributed by atoms with Crippen LogP contribution >= 0.6 is 12.2 Å². The summed E-state index contributed by atoms with van der Waals surface area (Å²) in [6.45, 7) is 0. The molecule has 0 aliphatic heterocycles. The topological polar surface area (TPSA) is 68.2 Å². The molecule has 3 aromatic carbocycles. The summed E-state index contributed by atoms with van der Waals surface area (Å²) in [7, 11) is 0. The molecule has 1 amide bonds. The summed E-state index contributed by atoms with van der Waals surface area (Å²) < 4.78 is 7.78. The van der Waals surface area contributed by atoms with Crippen LogP contribution in [0, 0.1) is 0 Å². The highest BCUT2D eigenvalue weighted by atomic mass is 32.1. The number of nitrogens with zero attached hydrogens (tertiary/aromatic N) is 2. The second-order valence-corrected chi connectivity index (χ2v) is 8.22. The second-order valence-electron chi connectivity index (χ2n) is 7.82. The number of aromatic nitrogens is 2. The first-order chi connectivity index (χ1) is 16.2. The molecule has 6 nitrogen and oxygen atoms in total. The van der Waals surface area contributed by atoms with Crippen LogP contribution in [0.1, 0.15) is 21.6 Å². The van der Waals surface area contributed by atoms with E-state index in [0.717, 1.165) is 30.0 Å². The minimum atomic E-state index is -0.343. The number of thiocarbonyl (C=S) groups is 1. The van der Waals surface area contributed by atoms with Crippen LogP contribution in [-0.4, -0.2) is 26.9 Å². The summed E-state index contributed by atoms with van der Waals surface area (Å²) in [6.07, 6.45) is 3.50. The Balaban J connectivity index is 1.21. The first-order valence-electron chi connectivity index (χ1n) is 10.7. The van der Waals surface area contributed by atoms with E-state index in [2.05, 4.69) is 40.0 Å². The van der Waals surface area contributed by atoms with Crippen molar-refractivity contribution in [2.75, 3.05) is 5.32 Å². The number of nitrogens with one attached hydrogen (secondary N) is 2. The highest BCUT2D eigenvalue weighted by molar-refractivity contribution is 7.80. The van der Waals surface area contributed by atoms with Gasteiger partial charge in [-0.15, -0.1) is 0 Å². The van der Waals surface area contributed by atoms with Gasteiger partial charge in [-0.1, -0.05) is 48.5 Å². The SMILES string of the molecule is O=C(NC(=S)Nc1cccc(OC2Cc3ccccc3C2)c1)c1ccnn1-c1ccccc1. The van der Waals surface area contributed by atoms with Gasteiger partial charge in [-0.2, -0.15) is 5.10 Å². The zero-order valence-corrected chi connectivity index (χ0v) is 18.6. The number of carbonyl (C=O) groups excluding carboxylic acids is 1. The molecule has 0 saturated heterocycles. The predicted octanol–water partition coefficient (Wildman–Crippen LogP) is 4.55. The average molecular weight is 455 g/mol. The first kappa shape index (κ1) is 20.9. The molecule has 0 radical (unpaired) electrons. The van der Waals surface area contributed by atoms with E-state index < -0.39 is 0 Å². The quantitative estimate of drug-likeness (QED) is 0.433. The van der Waals surface area contributed by atoms with Crippen LogP contribution in [0.25, 0.3) is 5.69 Å². The van der Waals surface area contributed by atoms with Crippen molar-refractivity contribution < 1.29 is 9.53 Å². The van der Waals surface area contributed by atoms with Crippen molar-refractivity contribution >= 4 is 28.9 Å². The van der Waals surface area contributed by atoms with Gasteiger partial charge in [0.1, 0.15) is 17.5 Å². The summed E-state index contributed by atoms with van der Waals surface area (Å²) in [5, 5.41) is 10.2. The maximum absolute atomic E-state index is 12.8. The Morgan fingerprint density at radius 3 is 2.42 bits per heavy atom. The lowest BCUT2D eigenvalue weighted by Gasteiger charge is -2.15. The Kier molecular flexibility index (Phi) is 5.87. The minimum absolute atomic E-state index is 0.113. The van der Waals surface area contributed by atoms with Crippen LogP contribution in [-0.2, 0) is 12.8 Å². The molecular weight excluding hydrogens is 432 g/mol. The standard InChI is InChI=1S/C26H22N4O2S/c31-25(24-13-14-27-30(24)21-10-2-1-3-11-21)29-26(33)28-20-9-6-12-22(17-20)32-23-15-18-7-4-5-8-19(18)16-23/h1-14,17,23H,15-16H2,(H2,28,29,31,33). The lowest BCUT2D eigenvalue weighted by atomic mass is 10.1. The third-order valence-electron chi connectivity index (χ3n) is 5.51. The molecule has 0 spiro atoms. The van der Waals surface area contributed by atoms with Crippen molar-refractivity contribution in [2.45, 2.75) is 18.9 Å². The molecule has 0 unspecified atom stereocenters. The van der Waals surface area contributed by atoms with Crippen molar-refractivity contribution in [1.82, 2.24) is 15.1 Å². The van der Waals surface area contributed by atoms with Gasteiger partial charge in [0.25, 0.3) is 5.91 Å². The Bertz CT molecular complexity index is 1280. The van der Waals surface area contributed by atoms with Crippen molar-refractivity contribution in [3.05, 3.63) is 108 Å². The van der Waals surface area contributed by atoms with Crippen LogP contribution < -0.4 is 15.4 Å². The smallest absolute Gasteiger partial charge is 0.276 e. The van der Waals surface area contributed by atoms with Crippen LogP contribution in [0.4, 0.5) is 5.69 Å². The number of anilines is 1. The summed E-state index contributed by atoms with van der Waals surface area (Å²) >= 11 is 5.37. The molecule has 1 aromatic heterocycles. The van der Waals surface area contributed by atoms with E-state index in [1.165, 1.54) is 11.1 Å². The highest BCUT2D eigenvalue weighted by Gasteiger charge is 2.22. The number of hydrogen-bond donors (Lipinski definition) is 2. The van der Waals surface area contributed by atoms with Crippen LogP contribution in [0.3, 0.4) is 0 Å². The van der Waals surface area contributed by atoms with E-state index in [1.807, 2.05) is 54.6 Å². The Hall–Kier alpha value is -3.97. The second kappa shape index (κ2) is 9.26. The van der Waals surface area contributed by atoms with E-state index in [0.29, 0.717) is 5.69 Å². The maximum Gasteiger partial charge on any atom is 0.276 e. The fourth-order valence-electron chi connectivity index (χ4n) is 4.02. The van der Waals surface area contributed by atoms with Gasteiger partial charge in [-0.05, 0) is 53.7 Å². The number of amides is 1. The number of fused-ring (bicyclic) bond motifs is 1. The third kappa shape index (κ3) is 4.78. The zero-order chi connectivity index (χ0) is 22.6. The molecule has 2 N–H and O–H groups in total. The fourth-order valence-corrected chi connectivity index (χ4v) is 4.23. The highest BCUT2D eigenvalue weighted by Crippen LogP contribution is 2.27. The first-order valence-corrected chi connectivity index (χ1v) is 11.1. The molecule has 1 aliphatic rings. The maximum atomic E-state index is 12.8. The lowest BCUT2D eigenvalue weighted by molar-refractivity contribution is 0.0970. The predicted molar refractivity (Wildman–Crippen MR) is 132 cm³/mol. The Morgan fingerprint density at radius 2 is 1.67 bits per heavy atom. The summed E-state index contributed by atoms with van der Waals surface area (Å²) in [6, 6.07) is 27.1. The molecule has 0 fully saturated rings. The van der Waals surface area contributed by atoms with Gasteiger partial charge in [-0.3, -0.25) is 10.1 Å². The van der Waals surface area contributed by atoms with Gasteiger partial charge in [0.05, 0.1) is 11.9 Å². The van der Waals surface area contributed by atoms with Gasteiger partial charge >= 0.3 is 0 Å². The van der Waals surface area contributed by atoms with Gasteiger partial charge in [0.2, 0.25) is 0 Å². The molecule has 0 atom stereocenters. The van der Waals surface area contributed by atoms with Gasteiger partial charge in [0, 0.05) is 24.6 Å². The van der Waals surface area contributed by atoms with Gasteiger partial charge in [0.15, 0.2) is 5.11 Å². The van der Waals surface area contributed by atoms with E-state index in [-0.39, 0.29) is 17.1 Å². The average Bonchev–Trinajstić information content (AvgIpc) is 3.47. The minimum Gasteiger partial charge on any atom is -0.490 e. The van der Waals surface area contributed by atoms with Crippen LogP contribution in [0.15, 0.2) is 91.1 Å². The molecule has 1 heterocycles. The largest absolute Gasteiger partial charge is 0.490 e. The molecule has 7 heteroatoms. The molecule has 164 valence electrons. The summed E-state index contributed by atoms with van der Waals surface area (Å²) in [4.78, 5) is 12.8. The number of para-hydroxylation sites is 1. The number of ether oxygens (including phenoxy) is 1. The summed E-state index contributed by atoms with van der Waals surface area (Å²) in [5.74, 6) is 0.416. The molecular formula is C26H22N4O2S. The molecule has 0 bridgehead atoms. The Labute approximate surface area is 197 Å². The number of hydrogen-bond acceptors (Lipinski definition) is 4. The Morgan fingerprint density at radius 1 is 0.939 bits per heavy atom. The molecule has 0 saturated carbocycles. The lowest BCUT2D eigenvalue weighted by Crippen LogP contribution is -2.35. The van der Waals surface area contributed by atoms with Crippen molar-refractivity contribution in [3.63, 3.8) is 0 Å². The number of rotatable bonds is 5. The van der Waals surface area contributed by atoms with E-state index in [1.54, 1.807) is 16.9 Å². The normalized spacial score (nSPS) is 12.7. The van der Waals surface area contributed by atoms with E-state index in [9.17, 15) is 4.79 Å². The van der Waals surface area contributed by atoms with Gasteiger partial charge in [-0.25, -0.2) is 4.68 Å². The van der Waals surface area contributed by atoms with E-state index >= 15 is 0 Å². The van der Waals surface area contributed by atoms with Crippen molar-refractivity contribution in [1.29, 1.82) is 0 Å². The fraction of sp³-hybridized carbons (Fsp3) is 0.115. The molecule has 33 heavy (non-hydrogen) atoms. The number of benzene rings is 3. The van der Waals surface area contributed by atoms with Crippen LogP contribution in [0.5, 0.6) is 5.75 Å².